The van der Waals surface area contributed by atoms with E-state index in [9.17, 15) is 9.90 Å². The Bertz CT molecular complexity index is 626. The number of carboxylic acids is 1. The molecule has 5 nitrogen and oxygen atoms in total. The van der Waals surface area contributed by atoms with Crippen LogP contribution in [-0.2, 0) is 4.79 Å². The number of carboxylic acid groups (broad SMARTS) is 1. The number of nitrogens with one attached hydrogen (secondary N) is 1. The number of para-hydroxylation sites is 1. The molecule has 2 aromatic rings. The van der Waals surface area contributed by atoms with Crippen LogP contribution in [0.2, 0.25) is 0 Å². The number of hydrogen-bond acceptors (Lipinski definition) is 4. The standard InChI is InChI=1S/C15H19N3O2/c1-9(2)7-12(15(19)20)18-14-11-6-4-5-10(3)13(11)16-8-17-14/h4-6,8-9,12H,7H2,1-3H3,(H,19,20)(H,16,17,18)/t12-/m1/s1. The molecule has 0 aliphatic heterocycles. The maximum atomic E-state index is 11.3. The first kappa shape index (κ1) is 14.2. The predicted molar refractivity (Wildman–Crippen MR) is 78.8 cm³/mol. The number of carbonyl (C=O) groups is 1. The SMILES string of the molecule is Cc1cccc2c(N[C@H](CC(C)C)C(=O)O)ncnc12. The van der Waals surface area contributed by atoms with Gasteiger partial charge in [0.25, 0.3) is 0 Å². The fraction of sp³-hybridized carbons (Fsp3) is 0.400. The monoisotopic (exact) mass is 273 g/mol. The van der Waals surface area contributed by atoms with Crippen molar-refractivity contribution in [3.63, 3.8) is 0 Å². The molecule has 0 radical (unpaired) electrons. The number of nitrogens with zero attached hydrogens (tertiary/aromatic N) is 2. The fourth-order valence-corrected chi connectivity index (χ4v) is 2.21. The van der Waals surface area contributed by atoms with Crippen molar-refractivity contribution in [3.8, 4) is 0 Å². The van der Waals surface area contributed by atoms with Crippen LogP contribution in [0.1, 0.15) is 25.8 Å². The van der Waals surface area contributed by atoms with E-state index in [0.717, 1.165) is 16.5 Å². The van der Waals surface area contributed by atoms with E-state index in [1.54, 1.807) is 0 Å². The van der Waals surface area contributed by atoms with E-state index in [1.807, 2.05) is 39.0 Å². The van der Waals surface area contributed by atoms with Crippen molar-refractivity contribution in [1.82, 2.24) is 9.97 Å². The van der Waals surface area contributed by atoms with Gasteiger partial charge in [-0.2, -0.15) is 0 Å². The first-order valence-corrected chi connectivity index (χ1v) is 6.68. The van der Waals surface area contributed by atoms with Gasteiger partial charge in [-0.15, -0.1) is 0 Å². The van der Waals surface area contributed by atoms with Crippen LogP contribution in [0, 0.1) is 12.8 Å². The number of fused-ring (bicyclic) bond motifs is 1. The number of aliphatic carboxylic acids is 1. The van der Waals surface area contributed by atoms with Crippen LogP contribution < -0.4 is 5.32 Å². The van der Waals surface area contributed by atoms with E-state index >= 15 is 0 Å². The van der Waals surface area contributed by atoms with Gasteiger partial charge in [0.2, 0.25) is 0 Å². The average Bonchev–Trinajstić information content (AvgIpc) is 2.38. The number of benzene rings is 1. The second kappa shape index (κ2) is 5.86. The first-order chi connectivity index (χ1) is 9.49. The van der Waals surface area contributed by atoms with Gasteiger partial charge in [-0.05, 0) is 30.9 Å². The van der Waals surface area contributed by atoms with E-state index in [4.69, 9.17) is 0 Å². The van der Waals surface area contributed by atoms with Crippen LogP contribution in [0.3, 0.4) is 0 Å². The highest BCUT2D eigenvalue weighted by Gasteiger charge is 2.20. The molecule has 0 unspecified atom stereocenters. The van der Waals surface area contributed by atoms with Crippen molar-refractivity contribution < 1.29 is 9.90 Å². The number of aromatic nitrogens is 2. The predicted octanol–water partition coefficient (Wildman–Crippen LogP) is 2.85. The van der Waals surface area contributed by atoms with E-state index in [1.165, 1.54) is 6.33 Å². The van der Waals surface area contributed by atoms with Crippen molar-refractivity contribution in [1.29, 1.82) is 0 Å². The van der Waals surface area contributed by atoms with Gasteiger partial charge in [0.1, 0.15) is 18.2 Å². The van der Waals surface area contributed by atoms with Crippen LogP contribution in [0.5, 0.6) is 0 Å². The summed E-state index contributed by atoms with van der Waals surface area (Å²) < 4.78 is 0. The normalized spacial score (nSPS) is 12.6. The molecule has 0 saturated carbocycles. The van der Waals surface area contributed by atoms with Crippen LogP contribution in [0.25, 0.3) is 10.9 Å². The molecule has 0 aliphatic rings. The topological polar surface area (TPSA) is 75.1 Å². The zero-order chi connectivity index (χ0) is 14.7. The quantitative estimate of drug-likeness (QED) is 0.876. The zero-order valence-corrected chi connectivity index (χ0v) is 11.9. The van der Waals surface area contributed by atoms with Crippen LogP contribution in [-0.4, -0.2) is 27.1 Å². The molecule has 1 heterocycles. The van der Waals surface area contributed by atoms with Gasteiger partial charge >= 0.3 is 5.97 Å². The number of anilines is 1. The lowest BCUT2D eigenvalue weighted by Gasteiger charge is -2.18. The van der Waals surface area contributed by atoms with Crippen molar-refractivity contribution in [2.45, 2.75) is 33.2 Å². The minimum Gasteiger partial charge on any atom is -0.480 e. The lowest BCUT2D eigenvalue weighted by Crippen LogP contribution is -2.31. The van der Waals surface area contributed by atoms with Gasteiger partial charge < -0.3 is 10.4 Å². The van der Waals surface area contributed by atoms with E-state index in [2.05, 4.69) is 15.3 Å². The highest BCUT2D eigenvalue weighted by molar-refractivity contribution is 5.92. The molecule has 2 rings (SSSR count). The summed E-state index contributed by atoms with van der Waals surface area (Å²) in [5, 5.41) is 13.2. The Balaban J connectivity index is 2.37. The van der Waals surface area contributed by atoms with Crippen LogP contribution >= 0.6 is 0 Å². The highest BCUT2D eigenvalue weighted by Crippen LogP contribution is 2.23. The third kappa shape index (κ3) is 3.04. The third-order valence-electron chi connectivity index (χ3n) is 3.18. The Hall–Kier alpha value is -2.17. The minimum absolute atomic E-state index is 0.290. The number of aryl methyl sites for hydroxylation is 1. The Morgan fingerprint density at radius 2 is 2.10 bits per heavy atom. The third-order valence-corrected chi connectivity index (χ3v) is 3.18. The molecule has 2 N–H and O–H groups in total. The zero-order valence-electron chi connectivity index (χ0n) is 11.9. The molecule has 1 aromatic heterocycles. The molecule has 0 aliphatic carbocycles. The van der Waals surface area contributed by atoms with Gasteiger partial charge in [-0.3, -0.25) is 0 Å². The lowest BCUT2D eigenvalue weighted by molar-refractivity contribution is -0.138. The second-order valence-electron chi connectivity index (χ2n) is 5.36. The minimum atomic E-state index is -0.863. The van der Waals surface area contributed by atoms with Crippen LogP contribution in [0.4, 0.5) is 5.82 Å². The molecular weight excluding hydrogens is 254 g/mol. The van der Waals surface area contributed by atoms with Crippen molar-refractivity contribution in [2.24, 2.45) is 5.92 Å². The molecule has 20 heavy (non-hydrogen) atoms. The molecule has 0 spiro atoms. The van der Waals surface area contributed by atoms with Gasteiger partial charge in [-0.1, -0.05) is 26.0 Å². The number of rotatable bonds is 5. The molecule has 5 heteroatoms. The van der Waals surface area contributed by atoms with E-state index in [0.29, 0.717) is 18.2 Å². The van der Waals surface area contributed by atoms with E-state index < -0.39 is 12.0 Å². The smallest absolute Gasteiger partial charge is 0.326 e. The summed E-state index contributed by atoms with van der Waals surface area (Å²) in [6.45, 7) is 5.97. The molecular formula is C15H19N3O2. The summed E-state index contributed by atoms with van der Waals surface area (Å²) in [6.07, 6.45) is 2.01. The summed E-state index contributed by atoms with van der Waals surface area (Å²) in [6, 6.07) is 5.15. The molecule has 1 aromatic carbocycles. The van der Waals surface area contributed by atoms with Gasteiger partial charge in [0.15, 0.2) is 0 Å². The summed E-state index contributed by atoms with van der Waals surface area (Å²) in [7, 11) is 0. The maximum absolute atomic E-state index is 11.3. The van der Waals surface area contributed by atoms with Gasteiger partial charge in [0, 0.05) is 5.39 Å². The maximum Gasteiger partial charge on any atom is 0.326 e. The first-order valence-electron chi connectivity index (χ1n) is 6.68. The molecule has 106 valence electrons. The Labute approximate surface area is 118 Å². The molecule has 0 amide bonds. The number of hydrogen-bond donors (Lipinski definition) is 2. The fourth-order valence-electron chi connectivity index (χ4n) is 2.21. The molecule has 0 bridgehead atoms. The summed E-state index contributed by atoms with van der Waals surface area (Å²) in [5.74, 6) is 0.00306. The van der Waals surface area contributed by atoms with Gasteiger partial charge in [-0.25, -0.2) is 14.8 Å². The largest absolute Gasteiger partial charge is 0.480 e. The Morgan fingerprint density at radius 1 is 1.35 bits per heavy atom. The second-order valence-corrected chi connectivity index (χ2v) is 5.36. The van der Waals surface area contributed by atoms with E-state index in [-0.39, 0.29) is 0 Å². The van der Waals surface area contributed by atoms with Crippen LogP contribution in [0.15, 0.2) is 24.5 Å². The Morgan fingerprint density at radius 3 is 2.75 bits per heavy atom. The molecule has 1 atom stereocenters. The van der Waals surface area contributed by atoms with Gasteiger partial charge in [0.05, 0.1) is 5.52 Å². The summed E-state index contributed by atoms with van der Waals surface area (Å²) in [4.78, 5) is 19.8. The molecule has 0 fully saturated rings. The summed E-state index contributed by atoms with van der Waals surface area (Å²) >= 11 is 0. The lowest BCUT2D eigenvalue weighted by atomic mass is 10.0. The highest BCUT2D eigenvalue weighted by atomic mass is 16.4. The molecule has 0 saturated heterocycles. The summed E-state index contributed by atoms with van der Waals surface area (Å²) in [5.41, 5.74) is 1.89. The Kier molecular flexibility index (Phi) is 4.17. The van der Waals surface area contributed by atoms with Crippen molar-refractivity contribution in [3.05, 3.63) is 30.1 Å². The van der Waals surface area contributed by atoms with Crippen molar-refractivity contribution in [2.75, 3.05) is 5.32 Å². The van der Waals surface area contributed by atoms with Crippen molar-refractivity contribution >= 4 is 22.7 Å². The average molecular weight is 273 g/mol.